The van der Waals surface area contributed by atoms with Crippen molar-refractivity contribution in [2.75, 3.05) is 31.6 Å². The number of morpholine rings is 1. The van der Waals surface area contributed by atoms with Crippen LogP contribution in [0, 0.1) is 0 Å². The standard InChI is InChI=1S/C17H22ClN5O2/c1-3-15-13(11-22(2)21-15)10-20-16-14(18)8-12(9-19-16)17(24)23-4-6-25-7-5-23/h8-9,11H,3-7,10H2,1-2H3,(H,19,20). The Morgan fingerprint density at radius 3 is 2.84 bits per heavy atom. The van der Waals surface area contributed by atoms with Gasteiger partial charge in [0.1, 0.15) is 5.82 Å². The number of pyridine rings is 1. The minimum atomic E-state index is -0.0650. The fourth-order valence-corrected chi connectivity index (χ4v) is 3.08. The molecule has 8 heteroatoms. The van der Waals surface area contributed by atoms with Crippen LogP contribution in [0.4, 0.5) is 5.82 Å². The Labute approximate surface area is 151 Å². The van der Waals surface area contributed by atoms with Gasteiger partial charge in [-0.15, -0.1) is 0 Å². The second-order valence-corrected chi connectivity index (χ2v) is 6.35. The molecule has 25 heavy (non-hydrogen) atoms. The van der Waals surface area contributed by atoms with Crippen LogP contribution >= 0.6 is 11.6 Å². The number of hydrogen-bond acceptors (Lipinski definition) is 5. The molecule has 1 amide bonds. The number of carbonyl (C=O) groups is 1. The lowest BCUT2D eigenvalue weighted by Crippen LogP contribution is -2.40. The predicted octanol–water partition coefficient (Wildman–Crippen LogP) is 2.12. The van der Waals surface area contributed by atoms with Gasteiger partial charge in [0.2, 0.25) is 0 Å². The van der Waals surface area contributed by atoms with E-state index in [0.29, 0.717) is 49.3 Å². The Bertz CT molecular complexity index is 755. The van der Waals surface area contributed by atoms with Crippen LogP contribution in [0.25, 0.3) is 0 Å². The number of ether oxygens (including phenoxy) is 1. The van der Waals surface area contributed by atoms with E-state index in [2.05, 4.69) is 22.3 Å². The number of nitrogens with zero attached hydrogens (tertiary/aromatic N) is 4. The number of nitrogens with one attached hydrogen (secondary N) is 1. The predicted molar refractivity (Wildman–Crippen MR) is 95.9 cm³/mol. The van der Waals surface area contributed by atoms with Gasteiger partial charge in [0.15, 0.2) is 0 Å². The van der Waals surface area contributed by atoms with Gasteiger partial charge < -0.3 is 15.0 Å². The molecule has 3 heterocycles. The highest BCUT2D eigenvalue weighted by atomic mass is 35.5. The van der Waals surface area contributed by atoms with Crippen LogP contribution < -0.4 is 5.32 Å². The lowest BCUT2D eigenvalue weighted by Gasteiger charge is -2.26. The third kappa shape index (κ3) is 4.11. The SMILES string of the molecule is CCc1nn(C)cc1CNc1ncc(C(=O)N2CCOCC2)cc1Cl. The van der Waals surface area contributed by atoms with E-state index in [1.54, 1.807) is 21.8 Å². The van der Waals surface area contributed by atoms with E-state index in [1.807, 2.05) is 13.2 Å². The van der Waals surface area contributed by atoms with Gasteiger partial charge in [-0.1, -0.05) is 18.5 Å². The molecule has 1 N–H and O–H groups in total. The number of amides is 1. The average molecular weight is 364 g/mol. The van der Waals surface area contributed by atoms with Gasteiger partial charge in [0, 0.05) is 44.6 Å². The normalized spacial score (nSPS) is 14.6. The van der Waals surface area contributed by atoms with Crippen molar-refractivity contribution in [2.45, 2.75) is 19.9 Å². The first-order chi connectivity index (χ1) is 12.1. The molecule has 0 aliphatic carbocycles. The summed E-state index contributed by atoms with van der Waals surface area (Å²) in [5.41, 5.74) is 2.65. The highest BCUT2D eigenvalue weighted by Gasteiger charge is 2.19. The smallest absolute Gasteiger partial charge is 0.255 e. The molecule has 0 aromatic carbocycles. The molecule has 0 atom stereocenters. The van der Waals surface area contributed by atoms with Gasteiger partial charge in [-0.3, -0.25) is 9.48 Å². The molecule has 0 saturated carbocycles. The molecule has 0 unspecified atom stereocenters. The number of aryl methyl sites for hydroxylation is 2. The molecule has 1 aliphatic rings. The van der Waals surface area contributed by atoms with E-state index < -0.39 is 0 Å². The van der Waals surface area contributed by atoms with Crippen LogP contribution in [0.15, 0.2) is 18.5 Å². The summed E-state index contributed by atoms with van der Waals surface area (Å²) < 4.78 is 7.07. The third-order valence-electron chi connectivity index (χ3n) is 4.16. The molecule has 134 valence electrons. The van der Waals surface area contributed by atoms with Gasteiger partial charge >= 0.3 is 0 Å². The lowest BCUT2D eigenvalue weighted by atomic mass is 10.2. The third-order valence-corrected chi connectivity index (χ3v) is 4.45. The quantitative estimate of drug-likeness (QED) is 0.880. The van der Waals surface area contributed by atoms with Gasteiger partial charge in [-0.2, -0.15) is 5.10 Å². The summed E-state index contributed by atoms with van der Waals surface area (Å²) in [7, 11) is 1.90. The number of anilines is 1. The zero-order chi connectivity index (χ0) is 17.8. The molecule has 7 nitrogen and oxygen atoms in total. The van der Waals surface area contributed by atoms with Gasteiger partial charge in [-0.25, -0.2) is 4.98 Å². The van der Waals surface area contributed by atoms with Crippen LogP contribution in [-0.2, 0) is 24.8 Å². The van der Waals surface area contributed by atoms with E-state index in [-0.39, 0.29) is 5.91 Å². The van der Waals surface area contributed by atoms with E-state index in [4.69, 9.17) is 16.3 Å². The molecular formula is C17H22ClN5O2. The Kier molecular flexibility index (Phi) is 5.55. The largest absolute Gasteiger partial charge is 0.378 e. The summed E-state index contributed by atoms with van der Waals surface area (Å²) in [6.45, 7) is 4.98. The van der Waals surface area contributed by atoms with Crippen LogP contribution in [0.2, 0.25) is 5.02 Å². The van der Waals surface area contributed by atoms with Crippen molar-refractivity contribution in [3.8, 4) is 0 Å². The maximum absolute atomic E-state index is 12.5. The Hall–Kier alpha value is -2.12. The highest BCUT2D eigenvalue weighted by molar-refractivity contribution is 6.33. The maximum Gasteiger partial charge on any atom is 0.255 e. The van der Waals surface area contributed by atoms with E-state index >= 15 is 0 Å². The molecule has 1 aliphatic heterocycles. The maximum atomic E-state index is 12.5. The lowest BCUT2D eigenvalue weighted by molar-refractivity contribution is 0.0302. The topological polar surface area (TPSA) is 72.3 Å². The summed E-state index contributed by atoms with van der Waals surface area (Å²) in [5.74, 6) is 0.496. The first-order valence-corrected chi connectivity index (χ1v) is 8.74. The van der Waals surface area contributed by atoms with Gasteiger partial charge in [-0.05, 0) is 12.5 Å². The summed E-state index contributed by atoms with van der Waals surface area (Å²) >= 11 is 6.32. The second-order valence-electron chi connectivity index (χ2n) is 5.94. The Balaban J connectivity index is 1.68. The molecule has 1 fully saturated rings. The van der Waals surface area contributed by atoms with Crippen LogP contribution in [0.1, 0.15) is 28.5 Å². The van der Waals surface area contributed by atoms with Crippen LogP contribution in [-0.4, -0.2) is 51.9 Å². The average Bonchev–Trinajstić information content (AvgIpc) is 3.00. The molecule has 0 radical (unpaired) electrons. The van der Waals surface area contributed by atoms with E-state index in [1.165, 1.54) is 0 Å². The molecule has 0 bridgehead atoms. The summed E-state index contributed by atoms with van der Waals surface area (Å²) in [4.78, 5) is 18.5. The second kappa shape index (κ2) is 7.84. The molecule has 0 spiro atoms. The fourth-order valence-electron chi connectivity index (χ4n) is 2.84. The first-order valence-electron chi connectivity index (χ1n) is 8.36. The van der Waals surface area contributed by atoms with Crippen molar-refractivity contribution in [1.82, 2.24) is 19.7 Å². The van der Waals surface area contributed by atoms with Crippen LogP contribution in [0.5, 0.6) is 0 Å². The highest BCUT2D eigenvalue weighted by Crippen LogP contribution is 2.22. The zero-order valence-corrected chi connectivity index (χ0v) is 15.2. The van der Waals surface area contributed by atoms with Gasteiger partial charge in [0.25, 0.3) is 5.91 Å². The Morgan fingerprint density at radius 1 is 1.40 bits per heavy atom. The minimum absolute atomic E-state index is 0.0650. The zero-order valence-electron chi connectivity index (χ0n) is 14.5. The summed E-state index contributed by atoms with van der Waals surface area (Å²) in [6.07, 6.45) is 4.41. The molecule has 3 rings (SSSR count). The number of aromatic nitrogens is 3. The van der Waals surface area contributed by atoms with Crippen molar-refractivity contribution >= 4 is 23.3 Å². The van der Waals surface area contributed by atoms with E-state index in [0.717, 1.165) is 17.7 Å². The van der Waals surface area contributed by atoms with Crippen molar-refractivity contribution < 1.29 is 9.53 Å². The summed E-state index contributed by atoms with van der Waals surface area (Å²) in [5, 5.41) is 8.07. The summed E-state index contributed by atoms with van der Waals surface area (Å²) in [6, 6.07) is 1.67. The number of hydrogen-bond donors (Lipinski definition) is 1. The number of halogens is 1. The fraction of sp³-hybridized carbons (Fsp3) is 0.471. The number of carbonyl (C=O) groups excluding carboxylic acids is 1. The van der Waals surface area contributed by atoms with Crippen LogP contribution in [0.3, 0.4) is 0 Å². The van der Waals surface area contributed by atoms with E-state index in [9.17, 15) is 4.79 Å². The number of rotatable bonds is 5. The molecular weight excluding hydrogens is 342 g/mol. The molecule has 2 aromatic rings. The Morgan fingerprint density at radius 2 is 2.16 bits per heavy atom. The monoisotopic (exact) mass is 363 g/mol. The van der Waals surface area contributed by atoms with Crippen molar-refractivity contribution in [3.63, 3.8) is 0 Å². The van der Waals surface area contributed by atoms with Crippen molar-refractivity contribution in [1.29, 1.82) is 0 Å². The van der Waals surface area contributed by atoms with Crippen molar-refractivity contribution in [2.24, 2.45) is 7.05 Å². The molecule has 1 saturated heterocycles. The van der Waals surface area contributed by atoms with Gasteiger partial charge in [0.05, 0.1) is 29.5 Å². The first kappa shape index (κ1) is 17.7. The molecule has 2 aromatic heterocycles. The van der Waals surface area contributed by atoms with Crippen molar-refractivity contribution in [3.05, 3.63) is 40.3 Å². The minimum Gasteiger partial charge on any atom is -0.378 e.